The van der Waals surface area contributed by atoms with Crippen molar-refractivity contribution in [1.82, 2.24) is 21.0 Å². The minimum absolute atomic E-state index is 0.0132. The number of nitrogens with one attached hydrogen (secondary N) is 2. The Balaban J connectivity index is 1.48. The summed E-state index contributed by atoms with van der Waals surface area (Å²) in [6.07, 6.45) is 0. The van der Waals surface area contributed by atoms with Crippen LogP contribution in [0.3, 0.4) is 0 Å². The molecule has 1 aromatic heterocycles. The van der Waals surface area contributed by atoms with Crippen molar-refractivity contribution >= 4 is 23.6 Å². The summed E-state index contributed by atoms with van der Waals surface area (Å²) < 4.78 is 10.6. The van der Waals surface area contributed by atoms with Gasteiger partial charge in [0.15, 0.2) is 0 Å². The van der Waals surface area contributed by atoms with E-state index in [4.69, 9.17) is 9.15 Å². The molecule has 0 unspecified atom stereocenters. The zero-order valence-corrected chi connectivity index (χ0v) is 15.2. The number of hydrogen-bond acceptors (Lipinski definition) is 7. The lowest BCUT2D eigenvalue weighted by molar-refractivity contribution is -0.119. The predicted octanol–water partition coefficient (Wildman–Crippen LogP) is 2.30. The van der Waals surface area contributed by atoms with Crippen molar-refractivity contribution in [2.75, 3.05) is 12.9 Å². The van der Waals surface area contributed by atoms with Gasteiger partial charge >= 0.3 is 0 Å². The Kier molecular flexibility index (Phi) is 6.06. The van der Waals surface area contributed by atoms with E-state index in [1.807, 2.05) is 0 Å². The summed E-state index contributed by atoms with van der Waals surface area (Å²) in [5.74, 6) is 0.293. The number of carbonyl (C=O) groups is 2. The van der Waals surface area contributed by atoms with Gasteiger partial charge < -0.3 is 9.15 Å². The average molecular weight is 384 g/mol. The smallest absolute Gasteiger partial charge is 0.277 e. The highest BCUT2D eigenvalue weighted by molar-refractivity contribution is 7.99. The van der Waals surface area contributed by atoms with E-state index in [-0.39, 0.29) is 11.0 Å². The molecule has 27 heavy (non-hydrogen) atoms. The maximum absolute atomic E-state index is 11.8. The number of methoxy groups -OCH3 is 1. The summed E-state index contributed by atoms with van der Waals surface area (Å²) in [6.45, 7) is 0. The second kappa shape index (κ2) is 8.86. The highest BCUT2D eigenvalue weighted by Crippen LogP contribution is 2.24. The van der Waals surface area contributed by atoms with Crippen molar-refractivity contribution in [3.05, 3.63) is 60.2 Å². The lowest BCUT2D eigenvalue weighted by Crippen LogP contribution is -2.42. The van der Waals surface area contributed by atoms with E-state index in [2.05, 4.69) is 21.0 Å². The molecule has 3 rings (SSSR count). The maximum Gasteiger partial charge on any atom is 0.277 e. The molecule has 138 valence electrons. The first-order valence-electron chi connectivity index (χ1n) is 7.90. The third-order valence-electron chi connectivity index (χ3n) is 3.42. The number of ether oxygens (including phenoxy) is 1. The molecule has 9 heteroatoms. The monoisotopic (exact) mass is 384 g/mol. The van der Waals surface area contributed by atoms with Crippen molar-refractivity contribution in [2.45, 2.75) is 5.22 Å². The van der Waals surface area contributed by atoms with Crippen LogP contribution in [0.2, 0.25) is 0 Å². The molecule has 0 aliphatic heterocycles. The lowest BCUT2D eigenvalue weighted by atomic mass is 10.2. The zero-order valence-electron chi connectivity index (χ0n) is 14.3. The molecular weight excluding hydrogens is 368 g/mol. The molecule has 2 amide bonds. The Hall–Kier alpha value is -3.33. The van der Waals surface area contributed by atoms with Crippen LogP contribution in [0.5, 0.6) is 5.75 Å². The highest BCUT2D eigenvalue weighted by atomic mass is 32.2. The Morgan fingerprint density at radius 2 is 1.78 bits per heavy atom. The van der Waals surface area contributed by atoms with Gasteiger partial charge in [0.05, 0.1) is 12.9 Å². The summed E-state index contributed by atoms with van der Waals surface area (Å²) in [6, 6.07) is 15.7. The molecule has 0 bridgehead atoms. The molecule has 0 aliphatic rings. The Bertz CT molecular complexity index is 913. The normalized spacial score (nSPS) is 10.3. The minimum atomic E-state index is -0.395. The van der Waals surface area contributed by atoms with Gasteiger partial charge in [-0.2, -0.15) is 0 Å². The number of aromatic nitrogens is 2. The van der Waals surface area contributed by atoms with Crippen molar-refractivity contribution < 1.29 is 18.7 Å². The third-order valence-corrected chi connectivity index (χ3v) is 4.24. The van der Waals surface area contributed by atoms with E-state index in [1.54, 1.807) is 61.7 Å². The number of nitrogens with zero attached hydrogens (tertiary/aromatic N) is 2. The molecule has 0 spiro atoms. The van der Waals surface area contributed by atoms with Crippen LogP contribution in [0.4, 0.5) is 0 Å². The van der Waals surface area contributed by atoms with Crippen LogP contribution in [-0.4, -0.2) is 34.9 Å². The number of hydrazine groups is 1. The van der Waals surface area contributed by atoms with E-state index in [1.165, 1.54) is 0 Å². The third kappa shape index (κ3) is 5.08. The van der Waals surface area contributed by atoms with Crippen LogP contribution in [0.25, 0.3) is 11.5 Å². The van der Waals surface area contributed by atoms with Crippen LogP contribution in [0.15, 0.2) is 64.2 Å². The van der Waals surface area contributed by atoms with Crippen molar-refractivity contribution in [3.8, 4) is 17.2 Å². The Morgan fingerprint density at radius 3 is 2.48 bits per heavy atom. The second-order valence-electron chi connectivity index (χ2n) is 5.26. The number of thioether (sulfide) groups is 1. The van der Waals surface area contributed by atoms with E-state index < -0.39 is 11.8 Å². The number of hydrogen-bond donors (Lipinski definition) is 2. The minimum Gasteiger partial charge on any atom is -0.497 e. The number of benzene rings is 2. The second-order valence-corrected chi connectivity index (χ2v) is 6.19. The van der Waals surface area contributed by atoms with Gasteiger partial charge in [0.1, 0.15) is 5.75 Å². The van der Waals surface area contributed by atoms with Gasteiger partial charge in [0.2, 0.25) is 11.8 Å². The Labute approximate surface area is 159 Å². The molecule has 0 saturated heterocycles. The van der Waals surface area contributed by atoms with Crippen LogP contribution in [-0.2, 0) is 4.79 Å². The van der Waals surface area contributed by atoms with Gasteiger partial charge in [-0.3, -0.25) is 20.4 Å². The van der Waals surface area contributed by atoms with Crippen molar-refractivity contribution in [3.63, 3.8) is 0 Å². The quantitative estimate of drug-likeness (QED) is 0.496. The first-order valence-corrected chi connectivity index (χ1v) is 8.89. The van der Waals surface area contributed by atoms with Gasteiger partial charge in [-0.1, -0.05) is 30.0 Å². The lowest BCUT2D eigenvalue weighted by Gasteiger charge is -2.06. The largest absolute Gasteiger partial charge is 0.497 e. The molecule has 0 saturated carbocycles. The van der Waals surface area contributed by atoms with Gasteiger partial charge in [-0.15, -0.1) is 10.2 Å². The molecule has 0 atom stereocenters. The fourth-order valence-electron chi connectivity index (χ4n) is 2.07. The first-order chi connectivity index (χ1) is 13.2. The molecule has 0 aliphatic carbocycles. The van der Waals surface area contributed by atoms with Crippen LogP contribution in [0, 0.1) is 0 Å². The highest BCUT2D eigenvalue weighted by Gasteiger charge is 2.12. The van der Waals surface area contributed by atoms with E-state index in [0.29, 0.717) is 11.5 Å². The van der Waals surface area contributed by atoms with Gasteiger partial charge in [0.25, 0.3) is 11.1 Å². The summed E-state index contributed by atoms with van der Waals surface area (Å²) in [7, 11) is 1.59. The number of rotatable bonds is 6. The van der Waals surface area contributed by atoms with Gasteiger partial charge in [0, 0.05) is 11.1 Å². The molecule has 2 N–H and O–H groups in total. The number of amides is 2. The maximum atomic E-state index is 11.8. The van der Waals surface area contributed by atoms with Gasteiger partial charge in [-0.25, -0.2) is 0 Å². The summed E-state index contributed by atoms with van der Waals surface area (Å²) in [5, 5.41) is 8.11. The number of carbonyl (C=O) groups excluding carboxylic acids is 2. The average Bonchev–Trinajstić information content (AvgIpc) is 3.20. The molecule has 2 aromatic carbocycles. The molecular formula is C18H16N4O4S. The topological polar surface area (TPSA) is 106 Å². The summed E-state index contributed by atoms with van der Waals surface area (Å²) in [5.41, 5.74) is 5.88. The molecule has 0 fully saturated rings. The fraction of sp³-hybridized carbons (Fsp3) is 0.111. The summed E-state index contributed by atoms with van der Waals surface area (Å²) in [4.78, 5) is 23.7. The van der Waals surface area contributed by atoms with E-state index in [0.717, 1.165) is 23.1 Å². The van der Waals surface area contributed by atoms with Crippen LogP contribution < -0.4 is 15.6 Å². The van der Waals surface area contributed by atoms with Crippen LogP contribution in [0.1, 0.15) is 10.4 Å². The standard InChI is InChI=1S/C18H16N4O4S/c1-25-14-9-7-13(8-10-14)17-21-22-18(26-17)27-11-15(23)19-20-16(24)12-5-3-2-4-6-12/h2-10H,11H2,1H3,(H,19,23)(H,20,24). The molecule has 0 radical (unpaired) electrons. The summed E-state index contributed by atoms with van der Waals surface area (Å²) >= 11 is 1.07. The zero-order chi connectivity index (χ0) is 19.1. The molecule has 8 nitrogen and oxygen atoms in total. The molecule has 1 heterocycles. The Morgan fingerprint density at radius 1 is 1.04 bits per heavy atom. The first kappa shape index (κ1) is 18.5. The SMILES string of the molecule is COc1ccc(-c2nnc(SCC(=O)NNC(=O)c3ccccc3)o2)cc1. The van der Waals surface area contributed by atoms with Crippen molar-refractivity contribution in [1.29, 1.82) is 0 Å². The van der Waals surface area contributed by atoms with E-state index >= 15 is 0 Å². The fourth-order valence-corrected chi connectivity index (χ4v) is 2.63. The van der Waals surface area contributed by atoms with Gasteiger partial charge in [-0.05, 0) is 36.4 Å². The van der Waals surface area contributed by atoms with Crippen molar-refractivity contribution in [2.24, 2.45) is 0 Å². The van der Waals surface area contributed by atoms with Crippen LogP contribution >= 0.6 is 11.8 Å². The predicted molar refractivity (Wildman–Crippen MR) is 99.1 cm³/mol. The molecule has 3 aromatic rings. The van der Waals surface area contributed by atoms with E-state index in [9.17, 15) is 9.59 Å².